The molecular formula is C31H43ClF2N4O4S. The number of carbonyl (C=O) groups excluding carboxylic acids is 1. The number of fused-ring (bicyclic) bond motifs is 2. The van der Waals surface area contributed by atoms with Crippen molar-refractivity contribution in [1.29, 1.82) is 0 Å². The van der Waals surface area contributed by atoms with Crippen LogP contribution >= 0.6 is 22.4 Å². The summed E-state index contributed by atoms with van der Waals surface area (Å²) >= 11 is 6.14. The molecule has 3 aliphatic rings. The third-order valence-corrected chi connectivity index (χ3v) is 11.5. The average Bonchev–Trinajstić information content (AvgIpc) is 3.07. The van der Waals surface area contributed by atoms with Crippen molar-refractivity contribution in [2.75, 3.05) is 30.8 Å². The van der Waals surface area contributed by atoms with Crippen molar-refractivity contribution in [1.82, 2.24) is 9.62 Å². The van der Waals surface area contributed by atoms with Gasteiger partial charge in [0.25, 0.3) is 0 Å². The minimum Gasteiger partial charge on any atom is -0.376 e. The first-order valence-electron chi connectivity index (χ1n) is 15.0. The normalized spacial score (nSPS) is 28.7. The van der Waals surface area contributed by atoms with E-state index in [-0.39, 0.29) is 35.7 Å². The van der Waals surface area contributed by atoms with Gasteiger partial charge in [0.15, 0.2) is 0 Å². The molecule has 0 saturated carbocycles. The summed E-state index contributed by atoms with van der Waals surface area (Å²) in [7, 11) is -2.94. The molecule has 43 heavy (non-hydrogen) atoms. The standard InChI is InChI=1S/C31H43ClF2N4O4S/c1-31(2)16-20(13-14-42-31)27(19-5-7-21(32)8-6-19)28(35)30(39)37-29-24(25(33)11-12-26(29)34)10-9-23-17-36-22-4-3-15-43(40,41)38(23)18-22/h5-8,11-12,20,22-23,27-28,36,40-41H,3-4,9-10,13-18,35H2,1-2H3,(H,37,39)/t20-,22+,23-,27-,28-/m0/s1. The summed E-state index contributed by atoms with van der Waals surface area (Å²) in [6.45, 7) is 5.54. The molecule has 1 amide bonds. The Kier molecular flexibility index (Phi) is 10.0. The van der Waals surface area contributed by atoms with E-state index in [4.69, 9.17) is 22.1 Å². The van der Waals surface area contributed by atoms with Crippen LogP contribution in [0, 0.1) is 17.6 Å². The molecule has 238 valence electrons. The van der Waals surface area contributed by atoms with Crippen molar-refractivity contribution in [2.45, 2.75) is 82.0 Å². The van der Waals surface area contributed by atoms with E-state index in [1.54, 1.807) is 16.4 Å². The molecule has 1 unspecified atom stereocenters. The number of nitrogens with two attached hydrogens (primary N) is 1. The van der Waals surface area contributed by atoms with E-state index in [9.17, 15) is 13.9 Å². The summed E-state index contributed by atoms with van der Waals surface area (Å²) in [5.41, 5.74) is 6.91. The predicted octanol–water partition coefficient (Wildman–Crippen LogP) is 5.91. The number of halogens is 3. The predicted molar refractivity (Wildman–Crippen MR) is 167 cm³/mol. The van der Waals surface area contributed by atoms with Crippen LogP contribution in [-0.2, 0) is 16.0 Å². The van der Waals surface area contributed by atoms with Crippen LogP contribution in [0.15, 0.2) is 36.4 Å². The lowest BCUT2D eigenvalue weighted by Crippen LogP contribution is -2.55. The summed E-state index contributed by atoms with van der Waals surface area (Å²) in [6.07, 6.45) is 3.37. The molecule has 3 saturated heterocycles. The molecule has 2 bridgehead atoms. The molecule has 3 heterocycles. The third-order valence-electron chi connectivity index (χ3n) is 9.16. The molecule has 0 aromatic heterocycles. The van der Waals surface area contributed by atoms with Crippen LogP contribution in [0.2, 0.25) is 5.02 Å². The monoisotopic (exact) mass is 640 g/mol. The fourth-order valence-corrected chi connectivity index (χ4v) is 8.96. The van der Waals surface area contributed by atoms with Gasteiger partial charge in [-0.15, -0.1) is 10.8 Å². The van der Waals surface area contributed by atoms with Crippen LogP contribution < -0.4 is 16.4 Å². The maximum atomic E-state index is 15.3. The zero-order valence-corrected chi connectivity index (χ0v) is 26.3. The summed E-state index contributed by atoms with van der Waals surface area (Å²) in [5, 5.41) is 6.65. The van der Waals surface area contributed by atoms with Crippen LogP contribution in [0.5, 0.6) is 0 Å². The molecule has 0 spiro atoms. The fraction of sp³-hybridized carbons (Fsp3) is 0.581. The maximum absolute atomic E-state index is 15.3. The largest absolute Gasteiger partial charge is 0.376 e. The van der Waals surface area contributed by atoms with Gasteiger partial charge in [0, 0.05) is 48.3 Å². The van der Waals surface area contributed by atoms with E-state index in [0.717, 1.165) is 24.1 Å². The topological polar surface area (TPSA) is 120 Å². The molecule has 2 aromatic rings. The van der Waals surface area contributed by atoms with Gasteiger partial charge in [0.2, 0.25) is 5.91 Å². The van der Waals surface area contributed by atoms with E-state index in [1.807, 2.05) is 26.0 Å². The Bertz CT molecular complexity index is 1300. The van der Waals surface area contributed by atoms with Crippen LogP contribution in [-0.4, -0.2) is 68.5 Å². The second kappa shape index (κ2) is 13.3. The van der Waals surface area contributed by atoms with Gasteiger partial charge in [-0.05, 0) is 88.1 Å². The number of carbonyl (C=O) groups is 1. The Morgan fingerprint density at radius 3 is 2.65 bits per heavy atom. The molecule has 6 N–H and O–H groups in total. The summed E-state index contributed by atoms with van der Waals surface area (Å²) in [5.74, 6) is -2.11. The van der Waals surface area contributed by atoms with Gasteiger partial charge in [-0.1, -0.05) is 23.7 Å². The average molecular weight is 641 g/mol. The Morgan fingerprint density at radius 1 is 1.21 bits per heavy atom. The number of benzene rings is 2. The number of ether oxygens (including phenoxy) is 1. The molecule has 0 aliphatic carbocycles. The van der Waals surface area contributed by atoms with E-state index in [1.165, 1.54) is 0 Å². The smallest absolute Gasteiger partial charge is 0.242 e. The number of anilines is 1. The van der Waals surface area contributed by atoms with Crippen LogP contribution in [0.4, 0.5) is 14.5 Å². The lowest BCUT2D eigenvalue weighted by Gasteiger charge is -2.49. The van der Waals surface area contributed by atoms with E-state index < -0.39 is 45.9 Å². The Labute approximate surface area is 259 Å². The van der Waals surface area contributed by atoms with Gasteiger partial charge in [-0.2, -0.15) is 0 Å². The third kappa shape index (κ3) is 7.53. The summed E-state index contributed by atoms with van der Waals surface area (Å²) in [6, 6.07) is 8.10. The highest BCUT2D eigenvalue weighted by Crippen LogP contribution is 2.49. The molecule has 0 radical (unpaired) electrons. The number of nitrogens with zero attached hydrogens (tertiary/aromatic N) is 1. The number of rotatable bonds is 8. The van der Waals surface area contributed by atoms with Crippen molar-refractivity contribution in [3.63, 3.8) is 0 Å². The lowest BCUT2D eigenvalue weighted by atomic mass is 9.73. The maximum Gasteiger partial charge on any atom is 0.242 e. The highest BCUT2D eigenvalue weighted by Gasteiger charge is 2.40. The van der Waals surface area contributed by atoms with Crippen LogP contribution in [0.25, 0.3) is 0 Å². The molecule has 6 atom stereocenters. The quantitative estimate of drug-likeness (QED) is 0.243. The molecule has 12 heteroatoms. The summed E-state index contributed by atoms with van der Waals surface area (Å²) in [4.78, 5) is 13.7. The molecule has 5 rings (SSSR count). The first-order valence-corrected chi connectivity index (χ1v) is 17.1. The molecular weight excluding hydrogens is 598 g/mol. The minimum atomic E-state index is -2.94. The van der Waals surface area contributed by atoms with E-state index in [2.05, 4.69) is 10.6 Å². The highest BCUT2D eigenvalue weighted by molar-refractivity contribution is 8.22. The van der Waals surface area contributed by atoms with E-state index in [0.29, 0.717) is 56.2 Å². The van der Waals surface area contributed by atoms with Gasteiger partial charge in [0.05, 0.1) is 23.1 Å². The Morgan fingerprint density at radius 2 is 1.93 bits per heavy atom. The van der Waals surface area contributed by atoms with Crippen molar-refractivity contribution in [3.8, 4) is 0 Å². The second-order valence-electron chi connectivity index (χ2n) is 12.7. The van der Waals surface area contributed by atoms with Crippen molar-refractivity contribution >= 4 is 34.0 Å². The summed E-state index contributed by atoms with van der Waals surface area (Å²) < 4.78 is 59.7. The van der Waals surface area contributed by atoms with Crippen LogP contribution in [0.3, 0.4) is 0 Å². The fourth-order valence-electron chi connectivity index (χ4n) is 6.97. The molecule has 3 aliphatic heterocycles. The number of amides is 1. The van der Waals surface area contributed by atoms with Gasteiger partial charge in [0.1, 0.15) is 11.6 Å². The number of hydrogen-bond acceptors (Lipinski definition) is 7. The first-order chi connectivity index (χ1) is 20.3. The first kappa shape index (κ1) is 32.6. The molecule has 3 fully saturated rings. The van der Waals surface area contributed by atoms with Gasteiger partial charge in [-0.25, -0.2) is 13.1 Å². The zero-order valence-electron chi connectivity index (χ0n) is 24.7. The van der Waals surface area contributed by atoms with Gasteiger partial charge in [-0.3, -0.25) is 13.9 Å². The number of piperazine rings is 1. The van der Waals surface area contributed by atoms with Crippen molar-refractivity contribution in [3.05, 3.63) is 64.2 Å². The SMILES string of the molecule is CC1(C)C[C@@H]([C@H](c2ccc(Cl)cc2)[C@H](N)C(=O)Nc2c(F)ccc(F)c2CC[C@H]2CN[C@@H]3CCCS(O)(O)N2C3)CCO1. The van der Waals surface area contributed by atoms with Crippen molar-refractivity contribution in [2.24, 2.45) is 11.7 Å². The Balaban J connectivity index is 1.37. The number of hydrogen-bond donors (Lipinski definition) is 5. The number of nitrogens with one attached hydrogen (secondary N) is 2. The van der Waals surface area contributed by atoms with Gasteiger partial charge >= 0.3 is 0 Å². The van der Waals surface area contributed by atoms with Gasteiger partial charge < -0.3 is 21.1 Å². The van der Waals surface area contributed by atoms with E-state index >= 15 is 8.78 Å². The highest BCUT2D eigenvalue weighted by atomic mass is 35.5. The second-order valence-corrected chi connectivity index (χ2v) is 15.3. The Hall–Kier alpha value is -1.83. The lowest BCUT2D eigenvalue weighted by molar-refractivity contribution is -0.119. The zero-order chi connectivity index (χ0) is 30.9. The molecule has 8 nitrogen and oxygen atoms in total. The van der Waals surface area contributed by atoms with Crippen LogP contribution in [0.1, 0.15) is 63.0 Å². The van der Waals surface area contributed by atoms with Crippen molar-refractivity contribution < 1.29 is 27.4 Å². The minimum absolute atomic E-state index is 0.0125. The molecule has 2 aromatic carbocycles.